The summed E-state index contributed by atoms with van der Waals surface area (Å²) in [5.41, 5.74) is 2.63. The Bertz CT molecular complexity index is 390. The Hall–Kier alpha value is -0.780. The van der Waals surface area contributed by atoms with Crippen LogP contribution in [-0.2, 0) is 0 Å². The molecule has 3 unspecified atom stereocenters. The van der Waals surface area contributed by atoms with Crippen molar-refractivity contribution in [3.8, 4) is 0 Å². The van der Waals surface area contributed by atoms with E-state index in [-0.39, 0.29) is 0 Å². The number of hydrogen-bond acceptors (Lipinski definition) is 0. The number of hydrogen-bond donors (Lipinski definition) is 0. The molecule has 1 aromatic carbocycles. The van der Waals surface area contributed by atoms with Gasteiger partial charge in [0.1, 0.15) is 0 Å². The van der Waals surface area contributed by atoms with Gasteiger partial charge >= 0.3 is 0 Å². The van der Waals surface area contributed by atoms with E-state index < -0.39 is 0 Å². The molecule has 0 heteroatoms. The maximum absolute atomic E-state index is 2.53. The van der Waals surface area contributed by atoms with Gasteiger partial charge in [0.2, 0.25) is 0 Å². The Labute approximate surface area is 99.1 Å². The normalized spacial score (nSPS) is 40.2. The van der Waals surface area contributed by atoms with Crippen LogP contribution < -0.4 is 0 Å². The van der Waals surface area contributed by atoms with Gasteiger partial charge in [-0.25, -0.2) is 0 Å². The lowest BCUT2D eigenvalue weighted by Gasteiger charge is -2.39. The van der Waals surface area contributed by atoms with Crippen molar-refractivity contribution in [1.29, 1.82) is 0 Å². The summed E-state index contributed by atoms with van der Waals surface area (Å²) < 4.78 is 0. The molecule has 0 radical (unpaired) electrons. The summed E-state index contributed by atoms with van der Waals surface area (Å²) in [6.45, 7) is 7.51. The van der Waals surface area contributed by atoms with Gasteiger partial charge in [-0.3, -0.25) is 0 Å². The van der Waals surface area contributed by atoms with Gasteiger partial charge in [-0.2, -0.15) is 0 Å². The molecule has 0 aromatic heterocycles. The average molecular weight is 214 g/mol. The minimum atomic E-state index is 0.527. The number of fused-ring (bicyclic) bond motifs is 2. The SMILES string of the molecule is CC1(C)C2CCC1(C)C(c1ccccc1)C2. The fraction of sp³-hybridized carbons (Fsp3) is 0.625. The third-order valence-corrected chi connectivity index (χ3v) is 6.00. The Morgan fingerprint density at radius 1 is 1.06 bits per heavy atom. The van der Waals surface area contributed by atoms with E-state index >= 15 is 0 Å². The minimum absolute atomic E-state index is 0.527. The quantitative estimate of drug-likeness (QED) is 0.640. The Morgan fingerprint density at radius 2 is 1.75 bits per heavy atom. The van der Waals surface area contributed by atoms with Gasteiger partial charge in [0.15, 0.2) is 0 Å². The molecular formula is C16H22. The van der Waals surface area contributed by atoms with Crippen molar-refractivity contribution in [2.75, 3.05) is 0 Å². The predicted molar refractivity (Wildman–Crippen MR) is 68.4 cm³/mol. The first-order valence-corrected chi connectivity index (χ1v) is 6.61. The summed E-state index contributed by atoms with van der Waals surface area (Å²) in [5, 5.41) is 0. The monoisotopic (exact) mass is 214 g/mol. The summed E-state index contributed by atoms with van der Waals surface area (Å²) in [7, 11) is 0. The second-order valence-electron chi connectivity index (χ2n) is 6.57. The molecule has 2 aliphatic carbocycles. The highest BCUT2D eigenvalue weighted by molar-refractivity contribution is 5.28. The molecule has 0 spiro atoms. The van der Waals surface area contributed by atoms with E-state index in [4.69, 9.17) is 0 Å². The van der Waals surface area contributed by atoms with Crippen molar-refractivity contribution in [3.63, 3.8) is 0 Å². The van der Waals surface area contributed by atoms with Crippen molar-refractivity contribution in [1.82, 2.24) is 0 Å². The molecule has 0 amide bonds. The molecule has 3 atom stereocenters. The molecule has 16 heavy (non-hydrogen) atoms. The first kappa shape index (κ1) is 10.4. The highest BCUT2D eigenvalue weighted by Crippen LogP contribution is 2.70. The second kappa shape index (κ2) is 3.12. The zero-order chi connectivity index (χ0) is 11.4. The van der Waals surface area contributed by atoms with Crippen LogP contribution in [-0.4, -0.2) is 0 Å². The molecule has 3 rings (SSSR count). The van der Waals surface area contributed by atoms with Crippen LogP contribution in [0.5, 0.6) is 0 Å². The van der Waals surface area contributed by atoms with E-state index in [0.717, 1.165) is 11.8 Å². The summed E-state index contributed by atoms with van der Waals surface area (Å²) in [5.74, 6) is 1.74. The molecule has 0 N–H and O–H groups in total. The fourth-order valence-corrected chi connectivity index (χ4v) is 4.39. The molecule has 0 saturated heterocycles. The van der Waals surface area contributed by atoms with Crippen LogP contribution in [0.25, 0.3) is 0 Å². The third kappa shape index (κ3) is 1.11. The van der Waals surface area contributed by atoms with E-state index in [1.54, 1.807) is 5.56 Å². The molecular weight excluding hydrogens is 192 g/mol. The molecule has 2 bridgehead atoms. The molecule has 0 aliphatic heterocycles. The average Bonchev–Trinajstić information content (AvgIpc) is 2.62. The highest BCUT2D eigenvalue weighted by atomic mass is 14.6. The highest BCUT2D eigenvalue weighted by Gasteiger charge is 2.61. The zero-order valence-electron chi connectivity index (χ0n) is 10.7. The largest absolute Gasteiger partial charge is 0.0622 e. The van der Waals surface area contributed by atoms with Gasteiger partial charge < -0.3 is 0 Å². The zero-order valence-corrected chi connectivity index (χ0v) is 10.7. The fourth-order valence-electron chi connectivity index (χ4n) is 4.39. The second-order valence-corrected chi connectivity index (χ2v) is 6.57. The van der Waals surface area contributed by atoms with E-state index in [1.807, 2.05) is 0 Å². The molecule has 2 aliphatic rings. The summed E-state index contributed by atoms with van der Waals surface area (Å²) in [6, 6.07) is 11.2. The van der Waals surface area contributed by atoms with Gasteiger partial charge in [0, 0.05) is 0 Å². The first-order chi connectivity index (χ1) is 7.56. The summed E-state index contributed by atoms with van der Waals surface area (Å²) in [4.78, 5) is 0. The van der Waals surface area contributed by atoms with Crippen LogP contribution in [0.4, 0.5) is 0 Å². The molecule has 0 heterocycles. The van der Waals surface area contributed by atoms with Crippen molar-refractivity contribution in [2.45, 2.75) is 46.0 Å². The topological polar surface area (TPSA) is 0 Å². The molecule has 1 aromatic rings. The standard InChI is InChI=1S/C16H22/c1-15(2)13-9-10-16(15,3)14(11-13)12-7-5-4-6-8-12/h4-8,13-14H,9-11H2,1-3H3. The lowest BCUT2D eigenvalue weighted by atomic mass is 9.65. The maximum atomic E-state index is 2.53. The third-order valence-electron chi connectivity index (χ3n) is 6.00. The van der Waals surface area contributed by atoms with Gasteiger partial charge in [-0.05, 0) is 47.5 Å². The molecule has 2 saturated carbocycles. The summed E-state index contributed by atoms with van der Waals surface area (Å²) >= 11 is 0. The van der Waals surface area contributed by atoms with E-state index in [9.17, 15) is 0 Å². The summed E-state index contributed by atoms with van der Waals surface area (Å²) in [6.07, 6.45) is 4.28. The Balaban J connectivity index is 2.02. The minimum Gasteiger partial charge on any atom is -0.0622 e. The van der Waals surface area contributed by atoms with Crippen molar-refractivity contribution in [2.24, 2.45) is 16.7 Å². The van der Waals surface area contributed by atoms with E-state index in [0.29, 0.717) is 10.8 Å². The van der Waals surface area contributed by atoms with Crippen LogP contribution >= 0.6 is 0 Å². The lowest BCUT2D eigenvalue weighted by Crippen LogP contribution is -2.31. The number of benzene rings is 1. The van der Waals surface area contributed by atoms with Crippen LogP contribution in [0.15, 0.2) is 30.3 Å². The van der Waals surface area contributed by atoms with Crippen LogP contribution in [0, 0.1) is 16.7 Å². The Kier molecular flexibility index (Phi) is 2.02. The maximum Gasteiger partial charge on any atom is -0.00999 e. The first-order valence-electron chi connectivity index (χ1n) is 6.61. The predicted octanol–water partition coefficient (Wildman–Crippen LogP) is 4.62. The van der Waals surface area contributed by atoms with Gasteiger partial charge in [-0.1, -0.05) is 51.1 Å². The Morgan fingerprint density at radius 3 is 2.25 bits per heavy atom. The van der Waals surface area contributed by atoms with Crippen molar-refractivity contribution < 1.29 is 0 Å². The van der Waals surface area contributed by atoms with Crippen LogP contribution in [0.1, 0.15) is 51.5 Å². The molecule has 0 nitrogen and oxygen atoms in total. The number of rotatable bonds is 1. The van der Waals surface area contributed by atoms with Crippen LogP contribution in [0.2, 0.25) is 0 Å². The van der Waals surface area contributed by atoms with Gasteiger partial charge in [0.25, 0.3) is 0 Å². The van der Waals surface area contributed by atoms with Crippen molar-refractivity contribution in [3.05, 3.63) is 35.9 Å². The van der Waals surface area contributed by atoms with E-state index in [1.165, 1.54) is 19.3 Å². The van der Waals surface area contributed by atoms with Gasteiger partial charge in [-0.15, -0.1) is 0 Å². The van der Waals surface area contributed by atoms with Crippen LogP contribution in [0.3, 0.4) is 0 Å². The molecule has 86 valence electrons. The smallest absolute Gasteiger partial charge is 0.00999 e. The lowest BCUT2D eigenvalue weighted by molar-refractivity contribution is 0.134. The molecule has 2 fully saturated rings. The van der Waals surface area contributed by atoms with E-state index in [2.05, 4.69) is 51.1 Å². The van der Waals surface area contributed by atoms with Crippen molar-refractivity contribution >= 4 is 0 Å². The van der Waals surface area contributed by atoms with Gasteiger partial charge in [0.05, 0.1) is 0 Å².